The first-order chi connectivity index (χ1) is 11.1. The van der Waals surface area contributed by atoms with E-state index < -0.39 is 0 Å². The van der Waals surface area contributed by atoms with Gasteiger partial charge in [0.15, 0.2) is 11.5 Å². The Hall–Kier alpha value is -2.67. The van der Waals surface area contributed by atoms with Gasteiger partial charge >= 0.3 is 0 Å². The number of ether oxygens (including phenoxy) is 3. The van der Waals surface area contributed by atoms with Gasteiger partial charge in [0.05, 0.1) is 6.61 Å². The number of aromatic nitrogens is 1. The molecular formula is C16H19N3O4. The van der Waals surface area contributed by atoms with Gasteiger partial charge in [-0.2, -0.15) is 4.98 Å². The second-order valence-electron chi connectivity index (χ2n) is 5.17. The lowest BCUT2D eigenvalue weighted by Gasteiger charge is -2.22. The van der Waals surface area contributed by atoms with Crippen LogP contribution in [0.25, 0.3) is 0 Å². The van der Waals surface area contributed by atoms with E-state index in [2.05, 4.69) is 4.98 Å². The molecule has 0 saturated carbocycles. The van der Waals surface area contributed by atoms with Crippen LogP contribution in [0, 0.1) is 0 Å². The van der Waals surface area contributed by atoms with Crippen LogP contribution in [-0.4, -0.2) is 29.9 Å². The number of phenolic OH excluding ortho intramolecular Hbond substituents is 1. The summed E-state index contributed by atoms with van der Waals surface area (Å²) in [5.74, 6) is 1.65. The molecule has 1 aliphatic heterocycles. The normalized spacial score (nSPS) is 12.2. The zero-order valence-corrected chi connectivity index (χ0v) is 12.8. The summed E-state index contributed by atoms with van der Waals surface area (Å²) >= 11 is 0. The van der Waals surface area contributed by atoms with Gasteiger partial charge in [-0.1, -0.05) is 0 Å². The second-order valence-corrected chi connectivity index (χ2v) is 5.17. The summed E-state index contributed by atoms with van der Waals surface area (Å²) in [7, 11) is 0. The molecule has 0 atom stereocenters. The summed E-state index contributed by atoms with van der Waals surface area (Å²) < 4.78 is 16.5. The largest absolute Gasteiger partial charge is 0.504 e. The van der Waals surface area contributed by atoms with Gasteiger partial charge in [-0.15, -0.1) is 0 Å². The van der Waals surface area contributed by atoms with Gasteiger partial charge < -0.3 is 30.8 Å². The second kappa shape index (κ2) is 6.21. The Morgan fingerprint density at radius 2 is 2.09 bits per heavy atom. The molecule has 7 heteroatoms. The summed E-state index contributed by atoms with van der Waals surface area (Å²) in [5, 5.41) is 10.1. The first kappa shape index (κ1) is 15.2. The summed E-state index contributed by atoms with van der Waals surface area (Å²) in [4.78, 5) is 4.16. The Balaban J connectivity index is 1.84. The third-order valence-corrected chi connectivity index (χ3v) is 3.55. The Kier molecular flexibility index (Phi) is 4.12. The summed E-state index contributed by atoms with van der Waals surface area (Å²) in [5.41, 5.74) is 13.8. The van der Waals surface area contributed by atoms with Crippen molar-refractivity contribution < 1.29 is 19.3 Å². The molecular weight excluding hydrogens is 298 g/mol. The van der Waals surface area contributed by atoms with Crippen molar-refractivity contribution in [2.24, 2.45) is 0 Å². The van der Waals surface area contributed by atoms with E-state index in [4.69, 9.17) is 25.7 Å². The van der Waals surface area contributed by atoms with Gasteiger partial charge in [0.25, 0.3) is 0 Å². The van der Waals surface area contributed by atoms with Crippen LogP contribution >= 0.6 is 0 Å². The van der Waals surface area contributed by atoms with Gasteiger partial charge in [-0.3, -0.25) is 0 Å². The lowest BCUT2D eigenvalue weighted by molar-refractivity contribution is 0.109. The quantitative estimate of drug-likeness (QED) is 0.617. The summed E-state index contributed by atoms with van der Waals surface area (Å²) in [6.07, 6.45) is 0.510. The molecule has 3 rings (SSSR count). The number of rotatable bonds is 5. The minimum absolute atomic E-state index is 0.0503. The van der Waals surface area contributed by atoms with Crippen molar-refractivity contribution in [3.63, 3.8) is 0 Å². The lowest BCUT2D eigenvalue weighted by atomic mass is 10.0. The predicted octanol–water partition coefficient (Wildman–Crippen LogP) is 2.06. The molecule has 0 spiro atoms. The Morgan fingerprint density at radius 1 is 1.26 bits per heavy atom. The third kappa shape index (κ3) is 3.09. The zero-order valence-electron chi connectivity index (χ0n) is 12.8. The van der Waals surface area contributed by atoms with Crippen molar-refractivity contribution in [2.45, 2.75) is 13.3 Å². The minimum Gasteiger partial charge on any atom is -0.504 e. The number of hydrogen-bond donors (Lipinski definition) is 3. The molecule has 0 fully saturated rings. The molecule has 1 aliphatic rings. The van der Waals surface area contributed by atoms with Crippen LogP contribution < -0.4 is 20.9 Å². The van der Waals surface area contributed by atoms with E-state index >= 15 is 0 Å². The van der Waals surface area contributed by atoms with Crippen molar-refractivity contribution in [2.75, 3.05) is 31.3 Å². The van der Waals surface area contributed by atoms with E-state index in [1.165, 1.54) is 0 Å². The molecule has 0 bridgehead atoms. The smallest absolute Gasteiger partial charge is 0.226 e. The fourth-order valence-electron chi connectivity index (χ4n) is 2.44. The molecule has 0 aliphatic carbocycles. The number of benzene rings is 1. The van der Waals surface area contributed by atoms with Crippen LogP contribution in [0.2, 0.25) is 0 Å². The Morgan fingerprint density at radius 3 is 2.87 bits per heavy atom. The molecule has 122 valence electrons. The van der Waals surface area contributed by atoms with Crippen molar-refractivity contribution in [3.05, 3.63) is 29.3 Å². The predicted molar refractivity (Wildman–Crippen MR) is 86.0 cm³/mol. The highest BCUT2D eigenvalue weighted by Gasteiger charge is 2.23. The molecule has 0 unspecified atom stereocenters. The Labute approximate surface area is 133 Å². The van der Waals surface area contributed by atoms with Crippen LogP contribution in [0.5, 0.6) is 23.1 Å². The van der Waals surface area contributed by atoms with Gasteiger partial charge in [-0.05, 0) is 13.0 Å². The molecule has 0 amide bonds. The number of nitrogens with two attached hydrogens (primary N) is 2. The van der Waals surface area contributed by atoms with Crippen molar-refractivity contribution >= 4 is 11.5 Å². The zero-order chi connectivity index (χ0) is 16.4. The van der Waals surface area contributed by atoms with Crippen molar-refractivity contribution in [3.8, 4) is 23.1 Å². The van der Waals surface area contributed by atoms with Crippen LogP contribution in [0.4, 0.5) is 11.5 Å². The SMILES string of the molecule is CCOCCOc1cc2c(cc1O)Cc1c(N)cc(N)nc1O2. The Bertz CT molecular complexity index is 734. The molecule has 0 radical (unpaired) electrons. The van der Waals surface area contributed by atoms with Crippen LogP contribution in [0.15, 0.2) is 18.2 Å². The maximum atomic E-state index is 10.1. The topological polar surface area (TPSA) is 113 Å². The molecule has 2 aromatic rings. The lowest BCUT2D eigenvalue weighted by Crippen LogP contribution is -2.10. The molecule has 5 N–H and O–H groups in total. The highest BCUT2D eigenvalue weighted by atomic mass is 16.5. The number of nitrogen functional groups attached to an aromatic ring is 2. The fraction of sp³-hybridized carbons (Fsp3) is 0.312. The summed E-state index contributed by atoms with van der Waals surface area (Å²) in [6.45, 7) is 3.32. The highest BCUT2D eigenvalue weighted by molar-refractivity contribution is 5.64. The molecule has 7 nitrogen and oxygen atoms in total. The third-order valence-electron chi connectivity index (χ3n) is 3.55. The number of hydrogen-bond acceptors (Lipinski definition) is 7. The average Bonchev–Trinajstić information content (AvgIpc) is 2.50. The number of nitrogens with zero attached hydrogens (tertiary/aromatic N) is 1. The van der Waals surface area contributed by atoms with Gasteiger partial charge in [-0.25, -0.2) is 0 Å². The van der Waals surface area contributed by atoms with E-state index in [0.29, 0.717) is 55.1 Å². The van der Waals surface area contributed by atoms with Gasteiger partial charge in [0.2, 0.25) is 5.88 Å². The van der Waals surface area contributed by atoms with E-state index in [-0.39, 0.29) is 5.75 Å². The monoisotopic (exact) mass is 317 g/mol. The number of aromatic hydroxyl groups is 1. The maximum Gasteiger partial charge on any atom is 0.226 e. The van der Waals surface area contributed by atoms with E-state index in [9.17, 15) is 5.11 Å². The van der Waals surface area contributed by atoms with Gasteiger partial charge in [0.1, 0.15) is 18.2 Å². The summed E-state index contributed by atoms with van der Waals surface area (Å²) in [6, 6.07) is 4.85. The van der Waals surface area contributed by atoms with Crippen LogP contribution in [-0.2, 0) is 11.2 Å². The van der Waals surface area contributed by atoms with Crippen LogP contribution in [0.3, 0.4) is 0 Å². The average molecular weight is 317 g/mol. The number of phenols is 1. The fourth-order valence-corrected chi connectivity index (χ4v) is 2.44. The van der Waals surface area contributed by atoms with Crippen LogP contribution in [0.1, 0.15) is 18.1 Å². The molecule has 2 heterocycles. The number of fused-ring (bicyclic) bond motifs is 2. The molecule has 23 heavy (non-hydrogen) atoms. The molecule has 1 aromatic carbocycles. The molecule has 0 saturated heterocycles. The van der Waals surface area contributed by atoms with E-state index in [0.717, 1.165) is 11.1 Å². The van der Waals surface area contributed by atoms with E-state index in [1.807, 2.05) is 6.92 Å². The number of anilines is 2. The van der Waals surface area contributed by atoms with Crippen molar-refractivity contribution in [1.82, 2.24) is 4.98 Å². The first-order valence-electron chi connectivity index (χ1n) is 7.37. The number of pyridine rings is 1. The van der Waals surface area contributed by atoms with Crippen molar-refractivity contribution in [1.29, 1.82) is 0 Å². The minimum atomic E-state index is 0.0503. The van der Waals surface area contributed by atoms with Gasteiger partial charge in [0, 0.05) is 42.0 Å². The molecule has 1 aromatic heterocycles. The highest BCUT2D eigenvalue weighted by Crippen LogP contribution is 2.43. The maximum absolute atomic E-state index is 10.1. The standard InChI is InChI=1S/C16H19N3O4/c1-2-21-3-4-22-14-8-13-9(6-12(14)20)5-10-11(17)7-15(18)19-16(10)23-13/h6-8,20H,2-5H2,1H3,(H4,17,18,19). The van der Waals surface area contributed by atoms with E-state index in [1.54, 1.807) is 18.2 Å². The first-order valence-corrected chi connectivity index (χ1v) is 7.37.